The van der Waals surface area contributed by atoms with E-state index in [1.54, 1.807) is 0 Å². The van der Waals surface area contributed by atoms with Crippen molar-refractivity contribution in [2.24, 2.45) is 5.92 Å². The Labute approximate surface area is 116 Å². The van der Waals surface area contributed by atoms with Gasteiger partial charge in [0.05, 0.1) is 0 Å². The van der Waals surface area contributed by atoms with Crippen molar-refractivity contribution in [1.29, 1.82) is 0 Å². The summed E-state index contributed by atoms with van der Waals surface area (Å²) in [6.45, 7) is 2.00. The highest BCUT2D eigenvalue weighted by Gasteiger charge is 2.06. The first-order valence-corrected chi connectivity index (χ1v) is 7.46. The third kappa shape index (κ3) is 14.9. The number of aliphatic carboxylic acids is 2. The van der Waals surface area contributed by atoms with Crippen molar-refractivity contribution in [3.05, 3.63) is 0 Å². The average molecular weight is 272 g/mol. The predicted molar refractivity (Wildman–Crippen MR) is 75.2 cm³/mol. The van der Waals surface area contributed by atoms with Crippen LogP contribution < -0.4 is 0 Å². The molecule has 0 spiro atoms. The molecule has 0 bridgehead atoms. The summed E-state index contributed by atoms with van der Waals surface area (Å²) in [4.78, 5) is 20.8. The summed E-state index contributed by atoms with van der Waals surface area (Å²) >= 11 is 0. The van der Waals surface area contributed by atoms with Gasteiger partial charge in [0.25, 0.3) is 0 Å². The molecule has 0 rings (SSSR count). The van der Waals surface area contributed by atoms with Crippen molar-refractivity contribution < 1.29 is 19.8 Å². The molecule has 1 atom stereocenters. The second-order valence-corrected chi connectivity index (χ2v) is 5.46. The van der Waals surface area contributed by atoms with E-state index in [1.165, 1.54) is 25.7 Å². The second kappa shape index (κ2) is 12.0. The Morgan fingerprint density at radius 2 is 1.26 bits per heavy atom. The Kier molecular flexibility index (Phi) is 11.3. The molecule has 0 unspecified atom stereocenters. The summed E-state index contributed by atoms with van der Waals surface area (Å²) in [6, 6.07) is 0. The standard InChI is InChI=1S/C15H28O4/c1-13(12-15(18)19)10-8-6-4-2-3-5-7-9-11-14(16)17/h13H,2-12H2,1H3,(H,16,17)(H,18,19)/t13-/m1/s1. The number of carboxylic acids is 2. The summed E-state index contributed by atoms with van der Waals surface area (Å²) in [5.74, 6) is -1.11. The number of unbranched alkanes of at least 4 members (excludes halogenated alkanes) is 7. The molecule has 112 valence electrons. The van der Waals surface area contributed by atoms with E-state index < -0.39 is 11.9 Å². The van der Waals surface area contributed by atoms with Crippen LogP contribution in [0.4, 0.5) is 0 Å². The average Bonchev–Trinajstić information content (AvgIpc) is 2.30. The lowest BCUT2D eigenvalue weighted by atomic mass is 9.99. The van der Waals surface area contributed by atoms with Crippen LogP contribution in [0.25, 0.3) is 0 Å². The lowest BCUT2D eigenvalue weighted by molar-refractivity contribution is -0.138. The first-order chi connectivity index (χ1) is 9.02. The van der Waals surface area contributed by atoms with Crippen LogP contribution in [-0.2, 0) is 9.59 Å². The molecule has 0 aliphatic carbocycles. The zero-order valence-corrected chi connectivity index (χ0v) is 12.1. The van der Waals surface area contributed by atoms with E-state index >= 15 is 0 Å². The Hall–Kier alpha value is -1.06. The molecule has 0 aromatic heterocycles. The quantitative estimate of drug-likeness (QED) is 0.495. The van der Waals surface area contributed by atoms with Gasteiger partial charge in [0.2, 0.25) is 0 Å². The summed E-state index contributed by atoms with van der Waals surface area (Å²) in [5, 5.41) is 17.1. The molecule has 19 heavy (non-hydrogen) atoms. The summed E-state index contributed by atoms with van der Waals surface area (Å²) in [5.41, 5.74) is 0. The molecule has 0 aliphatic heterocycles. The van der Waals surface area contributed by atoms with Gasteiger partial charge in [-0.1, -0.05) is 58.3 Å². The second-order valence-electron chi connectivity index (χ2n) is 5.46. The molecule has 0 heterocycles. The zero-order chi connectivity index (χ0) is 14.5. The predicted octanol–water partition coefficient (Wildman–Crippen LogP) is 4.08. The smallest absolute Gasteiger partial charge is 0.303 e. The molecule has 2 N–H and O–H groups in total. The molecule has 0 aromatic carbocycles. The third-order valence-corrected chi connectivity index (χ3v) is 3.36. The van der Waals surface area contributed by atoms with Gasteiger partial charge in [-0.15, -0.1) is 0 Å². The lowest BCUT2D eigenvalue weighted by Crippen LogP contribution is -2.03. The molecule has 4 nitrogen and oxygen atoms in total. The maximum absolute atomic E-state index is 10.5. The van der Waals surface area contributed by atoms with Crippen LogP contribution in [0, 0.1) is 5.92 Å². The lowest BCUT2D eigenvalue weighted by Gasteiger charge is -2.07. The molecular formula is C15H28O4. The van der Waals surface area contributed by atoms with E-state index in [9.17, 15) is 9.59 Å². The molecule has 0 amide bonds. The normalized spacial score (nSPS) is 12.3. The Bertz CT molecular complexity index is 251. The van der Waals surface area contributed by atoms with Gasteiger partial charge in [0.1, 0.15) is 0 Å². The SMILES string of the molecule is C[C@H](CCCCCCCCCCC(=O)O)CC(=O)O. The number of hydrogen-bond donors (Lipinski definition) is 2. The van der Waals surface area contributed by atoms with Crippen LogP contribution in [0.5, 0.6) is 0 Å². The van der Waals surface area contributed by atoms with Crippen LogP contribution in [-0.4, -0.2) is 22.2 Å². The topological polar surface area (TPSA) is 74.6 Å². The van der Waals surface area contributed by atoms with Crippen LogP contribution in [0.15, 0.2) is 0 Å². The first kappa shape index (κ1) is 17.9. The van der Waals surface area contributed by atoms with Crippen molar-refractivity contribution in [2.45, 2.75) is 77.6 Å². The summed E-state index contributed by atoms with van der Waals surface area (Å²) < 4.78 is 0. The fraction of sp³-hybridized carbons (Fsp3) is 0.867. The van der Waals surface area contributed by atoms with E-state index in [0.717, 1.165) is 32.1 Å². The van der Waals surface area contributed by atoms with E-state index in [1.807, 2.05) is 6.92 Å². The van der Waals surface area contributed by atoms with Gasteiger partial charge in [-0.2, -0.15) is 0 Å². The van der Waals surface area contributed by atoms with Crippen LogP contribution in [0.3, 0.4) is 0 Å². The molecule has 0 aromatic rings. The van der Waals surface area contributed by atoms with Crippen molar-refractivity contribution >= 4 is 11.9 Å². The molecular weight excluding hydrogens is 244 g/mol. The fourth-order valence-electron chi connectivity index (χ4n) is 2.23. The Morgan fingerprint density at radius 1 is 0.789 bits per heavy atom. The highest BCUT2D eigenvalue weighted by molar-refractivity contribution is 5.67. The van der Waals surface area contributed by atoms with Crippen molar-refractivity contribution in [3.63, 3.8) is 0 Å². The van der Waals surface area contributed by atoms with Crippen LogP contribution in [0.1, 0.15) is 77.6 Å². The minimum atomic E-state index is -0.700. The van der Waals surface area contributed by atoms with Gasteiger partial charge in [0.15, 0.2) is 0 Å². The minimum Gasteiger partial charge on any atom is -0.481 e. The maximum Gasteiger partial charge on any atom is 0.303 e. The number of hydrogen-bond acceptors (Lipinski definition) is 2. The third-order valence-electron chi connectivity index (χ3n) is 3.36. The number of carbonyl (C=O) groups is 2. The van der Waals surface area contributed by atoms with Crippen LogP contribution in [0.2, 0.25) is 0 Å². The van der Waals surface area contributed by atoms with Gasteiger partial charge in [-0.05, 0) is 12.3 Å². The fourth-order valence-corrected chi connectivity index (χ4v) is 2.23. The van der Waals surface area contributed by atoms with Gasteiger partial charge < -0.3 is 10.2 Å². The number of carboxylic acid groups (broad SMARTS) is 2. The monoisotopic (exact) mass is 272 g/mol. The molecule has 4 heteroatoms. The van der Waals surface area contributed by atoms with E-state index in [0.29, 0.717) is 6.42 Å². The largest absolute Gasteiger partial charge is 0.481 e. The first-order valence-electron chi connectivity index (χ1n) is 7.46. The van der Waals surface area contributed by atoms with Gasteiger partial charge >= 0.3 is 11.9 Å². The number of rotatable bonds is 13. The Balaban J connectivity index is 3.14. The Morgan fingerprint density at radius 3 is 1.74 bits per heavy atom. The van der Waals surface area contributed by atoms with Crippen molar-refractivity contribution in [1.82, 2.24) is 0 Å². The van der Waals surface area contributed by atoms with Gasteiger partial charge in [-0.3, -0.25) is 9.59 Å². The molecule has 0 radical (unpaired) electrons. The van der Waals surface area contributed by atoms with E-state index in [4.69, 9.17) is 10.2 Å². The maximum atomic E-state index is 10.5. The zero-order valence-electron chi connectivity index (χ0n) is 12.1. The highest BCUT2D eigenvalue weighted by atomic mass is 16.4. The molecule has 0 aliphatic rings. The minimum absolute atomic E-state index is 0.281. The molecule has 0 saturated carbocycles. The molecule has 0 fully saturated rings. The van der Waals surface area contributed by atoms with E-state index in [-0.39, 0.29) is 12.3 Å². The van der Waals surface area contributed by atoms with E-state index in [2.05, 4.69) is 0 Å². The molecule has 0 saturated heterocycles. The highest BCUT2D eigenvalue weighted by Crippen LogP contribution is 2.15. The van der Waals surface area contributed by atoms with Crippen LogP contribution >= 0.6 is 0 Å². The van der Waals surface area contributed by atoms with Gasteiger partial charge in [0, 0.05) is 12.8 Å². The summed E-state index contributed by atoms with van der Waals surface area (Å²) in [7, 11) is 0. The van der Waals surface area contributed by atoms with Crippen molar-refractivity contribution in [3.8, 4) is 0 Å². The van der Waals surface area contributed by atoms with Gasteiger partial charge in [-0.25, -0.2) is 0 Å². The summed E-state index contributed by atoms with van der Waals surface area (Å²) in [6.07, 6.45) is 10.4. The van der Waals surface area contributed by atoms with Crippen molar-refractivity contribution in [2.75, 3.05) is 0 Å².